The maximum atomic E-state index is 13.6. The number of H-pyrrole nitrogens is 1. The Morgan fingerprint density at radius 1 is 0.905 bits per heavy atom. The number of fused-ring (bicyclic) bond motifs is 1. The van der Waals surface area contributed by atoms with Crippen molar-refractivity contribution in [3.63, 3.8) is 0 Å². The van der Waals surface area contributed by atoms with Crippen molar-refractivity contribution in [3.8, 4) is 0 Å². The molecule has 1 N–H and O–H groups in total. The summed E-state index contributed by atoms with van der Waals surface area (Å²) >= 11 is 0. The van der Waals surface area contributed by atoms with Crippen molar-refractivity contribution < 1.29 is 26.3 Å². The summed E-state index contributed by atoms with van der Waals surface area (Å²) in [5.74, 6) is 0.324. The maximum absolute atomic E-state index is 13.6. The van der Waals surface area contributed by atoms with Crippen LogP contribution < -0.4 is 0 Å². The monoisotopic (exact) mass is 591 g/mol. The largest absolute Gasteiger partial charge is 0.416 e. The minimum Gasteiger partial charge on any atom is -0.295 e. The van der Waals surface area contributed by atoms with Gasteiger partial charge in [0, 0.05) is 30.6 Å². The minimum absolute atomic E-state index is 0.0592. The molecule has 5 rings (SSSR count). The van der Waals surface area contributed by atoms with Crippen molar-refractivity contribution in [2.75, 3.05) is 7.05 Å². The number of hydrogen-bond donors (Lipinski definition) is 1. The van der Waals surface area contributed by atoms with Gasteiger partial charge >= 0.3 is 12.4 Å². The second kappa shape index (κ2) is 12.0. The maximum Gasteiger partial charge on any atom is 0.416 e. The van der Waals surface area contributed by atoms with Crippen LogP contribution in [0, 0.1) is 0 Å². The molecule has 2 aromatic carbocycles. The highest BCUT2D eigenvalue weighted by atomic mass is 19.4. The first-order chi connectivity index (χ1) is 19.9. The van der Waals surface area contributed by atoms with E-state index >= 15 is 0 Å². The lowest BCUT2D eigenvalue weighted by molar-refractivity contribution is -0.143. The van der Waals surface area contributed by atoms with Crippen LogP contribution in [0.25, 0.3) is 10.9 Å². The summed E-state index contributed by atoms with van der Waals surface area (Å²) in [5, 5.41) is 14.6. The van der Waals surface area contributed by atoms with Crippen molar-refractivity contribution in [2.24, 2.45) is 0 Å². The van der Waals surface area contributed by atoms with Gasteiger partial charge in [-0.25, -0.2) is 5.10 Å². The molecule has 42 heavy (non-hydrogen) atoms. The molecular weight excluding hydrogens is 560 g/mol. The second-order valence-corrected chi connectivity index (χ2v) is 10.9. The average molecular weight is 592 g/mol. The van der Waals surface area contributed by atoms with E-state index < -0.39 is 23.5 Å². The Hall–Kier alpha value is -3.58. The Labute approximate surface area is 238 Å². The first-order valence-corrected chi connectivity index (χ1v) is 13.7. The van der Waals surface area contributed by atoms with Gasteiger partial charge in [-0.2, -0.15) is 26.3 Å². The van der Waals surface area contributed by atoms with E-state index in [9.17, 15) is 26.3 Å². The SMILES string of the molecule is CC(c1nc2ccccc2cc1CN(Cc1cc(C(F)(F)F)cc(C(F)(F)F)c1)Cc1nnn[nH]1)N(C)C1CCCC1. The zero-order valence-corrected chi connectivity index (χ0v) is 23.2. The van der Waals surface area contributed by atoms with Gasteiger partial charge in [0.1, 0.15) is 0 Å². The minimum atomic E-state index is -4.94. The highest BCUT2D eigenvalue weighted by Crippen LogP contribution is 2.37. The first kappa shape index (κ1) is 29.9. The number of nitrogens with zero attached hydrogens (tertiary/aromatic N) is 6. The molecule has 1 unspecified atom stereocenters. The molecule has 1 aliphatic rings. The lowest BCUT2D eigenvalue weighted by Gasteiger charge is -2.32. The predicted octanol–water partition coefficient (Wildman–Crippen LogP) is 6.92. The molecular formula is C29H31F6N7. The van der Waals surface area contributed by atoms with E-state index in [-0.39, 0.29) is 37.3 Å². The van der Waals surface area contributed by atoms with E-state index in [1.165, 1.54) is 0 Å². The first-order valence-electron chi connectivity index (χ1n) is 13.7. The van der Waals surface area contributed by atoms with Crippen LogP contribution in [0.4, 0.5) is 26.3 Å². The number of alkyl halides is 6. The van der Waals surface area contributed by atoms with Gasteiger partial charge in [0.25, 0.3) is 0 Å². The molecule has 1 saturated carbocycles. The zero-order valence-electron chi connectivity index (χ0n) is 23.2. The van der Waals surface area contributed by atoms with Gasteiger partial charge in [-0.15, -0.1) is 5.10 Å². The molecule has 13 heteroatoms. The normalized spacial score (nSPS) is 15.8. The van der Waals surface area contributed by atoms with E-state index in [1.807, 2.05) is 30.3 Å². The third-order valence-corrected chi connectivity index (χ3v) is 7.95. The van der Waals surface area contributed by atoms with E-state index in [0.29, 0.717) is 11.9 Å². The number of tetrazole rings is 1. The molecule has 7 nitrogen and oxygen atoms in total. The number of rotatable bonds is 9. The van der Waals surface area contributed by atoms with E-state index in [4.69, 9.17) is 4.98 Å². The summed E-state index contributed by atoms with van der Waals surface area (Å²) < 4.78 is 81.6. The Kier molecular flexibility index (Phi) is 8.51. The average Bonchev–Trinajstić information content (AvgIpc) is 3.66. The molecule has 1 aliphatic carbocycles. The Morgan fingerprint density at radius 2 is 1.57 bits per heavy atom. The van der Waals surface area contributed by atoms with Gasteiger partial charge in [0.2, 0.25) is 0 Å². The molecule has 1 atom stereocenters. The molecule has 0 bridgehead atoms. The molecule has 2 heterocycles. The standard InChI is InChI=1S/C29H31F6N7/c1-18(41(2)24-8-4-5-9-24)27-21(13-20-7-3-6-10-25(20)36-27)16-42(17-26-37-39-40-38-26)15-19-11-22(28(30,31)32)14-23(12-19)29(33,34)35/h3,6-7,10-14,18,24H,4-5,8-9,15-17H2,1-2H3,(H,37,38,39,40). The van der Waals surface area contributed by atoms with Gasteiger partial charge in [-0.05, 0) is 78.7 Å². The fraction of sp³-hybridized carbons (Fsp3) is 0.448. The Morgan fingerprint density at radius 3 is 2.19 bits per heavy atom. The van der Waals surface area contributed by atoms with Crippen molar-refractivity contribution in [1.29, 1.82) is 0 Å². The van der Waals surface area contributed by atoms with Crippen LogP contribution >= 0.6 is 0 Å². The van der Waals surface area contributed by atoms with Crippen LogP contribution in [0.2, 0.25) is 0 Å². The summed E-state index contributed by atoms with van der Waals surface area (Å²) in [5.41, 5.74) is -0.398. The van der Waals surface area contributed by atoms with E-state index in [0.717, 1.165) is 60.0 Å². The van der Waals surface area contributed by atoms with Crippen LogP contribution in [0.3, 0.4) is 0 Å². The molecule has 0 aliphatic heterocycles. The molecule has 224 valence electrons. The van der Waals surface area contributed by atoms with Gasteiger partial charge in [-0.1, -0.05) is 31.0 Å². The Balaban J connectivity index is 1.54. The van der Waals surface area contributed by atoms with Crippen LogP contribution in [-0.2, 0) is 32.0 Å². The number of benzene rings is 2. The third kappa shape index (κ3) is 6.89. The molecule has 0 spiro atoms. The smallest absolute Gasteiger partial charge is 0.295 e. The van der Waals surface area contributed by atoms with Crippen molar-refractivity contribution in [2.45, 2.75) is 76.7 Å². The second-order valence-electron chi connectivity index (χ2n) is 10.9. The number of hydrogen-bond acceptors (Lipinski definition) is 6. The fourth-order valence-electron chi connectivity index (χ4n) is 5.72. The van der Waals surface area contributed by atoms with Crippen molar-refractivity contribution in [1.82, 2.24) is 35.4 Å². The van der Waals surface area contributed by atoms with Gasteiger partial charge < -0.3 is 0 Å². The van der Waals surface area contributed by atoms with E-state index in [2.05, 4.69) is 39.5 Å². The molecule has 0 saturated heterocycles. The lowest BCUT2D eigenvalue weighted by Crippen LogP contribution is -2.33. The molecule has 4 aromatic rings. The van der Waals surface area contributed by atoms with Gasteiger partial charge in [0.15, 0.2) is 5.82 Å². The summed E-state index contributed by atoms with van der Waals surface area (Å²) in [6.45, 7) is 2.11. The van der Waals surface area contributed by atoms with Gasteiger partial charge in [0.05, 0.1) is 28.9 Å². The number of para-hydroxylation sites is 1. The molecule has 0 radical (unpaired) electrons. The zero-order chi connectivity index (χ0) is 30.1. The number of aromatic amines is 1. The van der Waals surface area contributed by atoms with Crippen LogP contribution in [0.1, 0.15) is 72.4 Å². The fourth-order valence-corrected chi connectivity index (χ4v) is 5.72. The number of aromatic nitrogens is 5. The number of nitrogens with one attached hydrogen (secondary N) is 1. The quantitative estimate of drug-likeness (QED) is 0.213. The third-order valence-electron chi connectivity index (χ3n) is 7.95. The highest BCUT2D eigenvalue weighted by molar-refractivity contribution is 5.79. The topological polar surface area (TPSA) is 73.8 Å². The van der Waals surface area contributed by atoms with Crippen LogP contribution in [0.5, 0.6) is 0 Å². The molecule has 0 amide bonds. The highest BCUT2D eigenvalue weighted by Gasteiger charge is 2.37. The summed E-state index contributed by atoms with van der Waals surface area (Å²) in [4.78, 5) is 9.03. The van der Waals surface area contributed by atoms with Gasteiger partial charge in [-0.3, -0.25) is 14.8 Å². The number of pyridine rings is 1. The summed E-state index contributed by atoms with van der Waals surface area (Å²) in [7, 11) is 2.07. The Bertz CT molecular complexity index is 1460. The lowest BCUT2D eigenvalue weighted by atomic mass is 10.0. The number of halogens is 6. The van der Waals surface area contributed by atoms with Crippen molar-refractivity contribution >= 4 is 10.9 Å². The van der Waals surface area contributed by atoms with E-state index in [1.54, 1.807) is 4.90 Å². The molecule has 1 fully saturated rings. The summed E-state index contributed by atoms with van der Waals surface area (Å²) in [6, 6.07) is 11.6. The van der Waals surface area contributed by atoms with Crippen molar-refractivity contribution in [3.05, 3.63) is 82.3 Å². The predicted molar refractivity (Wildman–Crippen MR) is 144 cm³/mol. The summed E-state index contributed by atoms with van der Waals surface area (Å²) in [6.07, 6.45) is -5.38. The van der Waals surface area contributed by atoms with Crippen LogP contribution in [0.15, 0.2) is 48.5 Å². The molecule has 2 aromatic heterocycles. The van der Waals surface area contributed by atoms with Crippen LogP contribution in [-0.4, -0.2) is 48.5 Å².